The Morgan fingerprint density at radius 1 is 1.27 bits per heavy atom. The summed E-state index contributed by atoms with van der Waals surface area (Å²) < 4.78 is 27.6. The molecule has 0 saturated carbocycles. The molecule has 2 aromatic heterocycles. The highest BCUT2D eigenvalue weighted by Crippen LogP contribution is 2.10. The predicted molar refractivity (Wildman–Crippen MR) is 75.3 cm³/mol. The summed E-state index contributed by atoms with van der Waals surface area (Å²) in [4.78, 5) is 20.5. The number of aromatic nitrogens is 3. The largest absolute Gasteiger partial charge is 0.347 e. The molecular weight excluding hydrogens is 290 g/mol. The summed E-state index contributed by atoms with van der Waals surface area (Å²) >= 11 is 0. The van der Waals surface area contributed by atoms with Gasteiger partial charge < -0.3 is 5.32 Å². The van der Waals surface area contributed by atoms with Gasteiger partial charge in [0.1, 0.15) is 12.0 Å². The molecule has 0 radical (unpaired) electrons. The standard InChI is InChI=1S/C15H12F2N4O/c1-9-4-13(21-8-18-7-14(21)20-9)15(22)19-6-10-2-3-11(16)12(17)5-10/h2-5,7-8H,6H2,1H3,(H,19,22). The number of amides is 1. The summed E-state index contributed by atoms with van der Waals surface area (Å²) in [5, 5.41) is 2.67. The molecule has 7 heteroatoms. The third-order valence-corrected chi connectivity index (χ3v) is 3.18. The van der Waals surface area contributed by atoms with Crippen molar-refractivity contribution in [2.75, 3.05) is 0 Å². The van der Waals surface area contributed by atoms with E-state index in [9.17, 15) is 13.6 Å². The number of carbonyl (C=O) groups is 1. The van der Waals surface area contributed by atoms with Crippen LogP contribution in [0.1, 0.15) is 21.7 Å². The Morgan fingerprint density at radius 2 is 2.09 bits per heavy atom. The van der Waals surface area contributed by atoms with Crippen molar-refractivity contribution in [1.82, 2.24) is 19.7 Å². The Morgan fingerprint density at radius 3 is 2.86 bits per heavy atom. The summed E-state index contributed by atoms with van der Waals surface area (Å²) in [7, 11) is 0. The Labute approximate surface area is 124 Å². The van der Waals surface area contributed by atoms with Gasteiger partial charge >= 0.3 is 0 Å². The average molecular weight is 302 g/mol. The molecule has 0 spiro atoms. The van der Waals surface area contributed by atoms with Gasteiger partial charge in [-0.15, -0.1) is 0 Å². The van der Waals surface area contributed by atoms with Crippen molar-refractivity contribution in [3.63, 3.8) is 0 Å². The first kappa shape index (κ1) is 14.1. The lowest BCUT2D eigenvalue weighted by molar-refractivity contribution is 0.0944. The fourth-order valence-corrected chi connectivity index (χ4v) is 2.13. The monoisotopic (exact) mass is 302 g/mol. The third-order valence-electron chi connectivity index (χ3n) is 3.18. The van der Waals surface area contributed by atoms with E-state index in [0.29, 0.717) is 22.6 Å². The van der Waals surface area contributed by atoms with Crippen molar-refractivity contribution in [1.29, 1.82) is 0 Å². The van der Waals surface area contributed by atoms with Crippen LogP contribution in [-0.2, 0) is 6.54 Å². The smallest absolute Gasteiger partial charge is 0.268 e. The average Bonchev–Trinajstić information content (AvgIpc) is 2.95. The first-order valence-electron chi connectivity index (χ1n) is 6.56. The van der Waals surface area contributed by atoms with Crippen LogP contribution in [0.2, 0.25) is 0 Å². The van der Waals surface area contributed by atoms with Crippen molar-refractivity contribution in [3.05, 3.63) is 65.4 Å². The first-order valence-corrected chi connectivity index (χ1v) is 6.56. The predicted octanol–water partition coefficient (Wildman–Crippen LogP) is 2.25. The molecule has 0 aliphatic rings. The zero-order chi connectivity index (χ0) is 15.7. The molecule has 112 valence electrons. The highest BCUT2D eigenvalue weighted by atomic mass is 19.2. The minimum Gasteiger partial charge on any atom is -0.347 e. The summed E-state index contributed by atoms with van der Waals surface area (Å²) in [5.74, 6) is -2.21. The second-order valence-corrected chi connectivity index (χ2v) is 4.84. The lowest BCUT2D eigenvalue weighted by Crippen LogP contribution is -2.25. The minimum atomic E-state index is -0.941. The van der Waals surface area contributed by atoms with E-state index in [4.69, 9.17) is 0 Å². The number of benzene rings is 1. The third kappa shape index (κ3) is 2.65. The van der Waals surface area contributed by atoms with Gasteiger partial charge in [0.2, 0.25) is 0 Å². The fraction of sp³-hybridized carbons (Fsp3) is 0.133. The molecule has 0 fully saturated rings. The van der Waals surface area contributed by atoms with E-state index in [1.54, 1.807) is 23.6 Å². The van der Waals surface area contributed by atoms with Gasteiger partial charge in [-0.2, -0.15) is 0 Å². The minimum absolute atomic E-state index is 0.0909. The molecule has 0 saturated heterocycles. The number of hydrogen-bond donors (Lipinski definition) is 1. The molecule has 0 aliphatic carbocycles. The number of rotatable bonds is 3. The van der Waals surface area contributed by atoms with E-state index >= 15 is 0 Å². The van der Waals surface area contributed by atoms with Crippen LogP contribution in [-0.4, -0.2) is 20.3 Å². The Hall–Kier alpha value is -2.83. The number of carbonyl (C=O) groups excluding carboxylic acids is 1. The van der Waals surface area contributed by atoms with E-state index in [1.165, 1.54) is 12.4 Å². The van der Waals surface area contributed by atoms with Gasteiger partial charge in [0.15, 0.2) is 17.3 Å². The summed E-state index contributed by atoms with van der Waals surface area (Å²) in [6, 6.07) is 5.14. The molecule has 22 heavy (non-hydrogen) atoms. The van der Waals surface area contributed by atoms with Crippen LogP contribution in [0.25, 0.3) is 5.65 Å². The molecule has 3 rings (SSSR count). The van der Waals surface area contributed by atoms with Gasteiger partial charge in [-0.25, -0.2) is 18.7 Å². The molecule has 5 nitrogen and oxygen atoms in total. The zero-order valence-corrected chi connectivity index (χ0v) is 11.7. The maximum absolute atomic E-state index is 13.1. The van der Waals surface area contributed by atoms with Crippen LogP contribution < -0.4 is 5.32 Å². The lowest BCUT2D eigenvalue weighted by Gasteiger charge is -2.08. The topological polar surface area (TPSA) is 59.3 Å². The van der Waals surface area contributed by atoms with E-state index in [-0.39, 0.29) is 12.5 Å². The van der Waals surface area contributed by atoms with Crippen LogP contribution >= 0.6 is 0 Å². The van der Waals surface area contributed by atoms with Crippen molar-refractivity contribution < 1.29 is 13.6 Å². The zero-order valence-electron chi connectivity index (χ0n) is 11.7. The number of halogens is 2. The number of nitrogens with zero attached hydrogens (tertiary/aromatic N) is 3. The molecular formula is C15H12F2N4O. The SMILES string of the molecule is Cc1cc(C(=O)NCc2ccc(F)c(F)c2)n2cncc2n1. The maximum Gasteiger partial charge on any atom is 0.268 e. The van der Waals surface area contributed by atoms with Crippen molar-refractivity contribution in [2.45, 2.75) is 13.5 Å². The molecule has 1 amide bonds. The van der Waals surface area contributed by atoms with Gasteiger partial charge in [0, 0.05) is 12.2 Å². The van der Waals surface area contributed by atoms with Crippen LogP contribution in [0, 0.1) is 18.6 Å². The molecule has 0 aliphatic heterocycles. The van der Waals surface area contributed by atoms with Gasteiger partial charge in [-0.05, 0) is 30.7 Å². The van der Waals surface area contributed by atoms with Crippen LogP contribution in [0.3, 0.4) is 0 Å². The Kier molecular flexibility index (Phi) is 3.54. The fourth-order valence-electron chi connectivity index (χ4n) is 2.13. The van der Waals surface area contributed by atoms with Gasteiger partial charge in [0.25, 0.3) is 5.91 Å². The van der Waals surface area contributed by atoms with Crippen LogP contribution in [0.5, 0.6) is 0 Å². The van der Waals surface area contributed by atoms with Gasteiger partial charge in [0.05, 0.1) is 6.20 Å². The van der Waals surface area contributed by atoms with Crippen LogP contribution in [0.4, 0.5) is 8.78 Å². The van der Waals surface area contributed by atoms with E-state index in [1.807, 2.05) is 0 Å². The van der Waals surface area contributed by atoms with Crippen molar-refractivity contribution >= 4 is 11.6 Å². The number of imidazole rings is 1. The van der Waals surface area contributed by atoms with Gasteiger partial charge in [-0.3, -0.25) is 9.20 Å². The quantitative estimate of drug-likeness (QED) is 0.807. The normalized spacial score (nSPS) is 10.9. The van der Waals surface area contributed by atoms with Crippen LogP contribution in [0.15, 0.2) is 36.8 Å². The molecule has 1 N–H and O–H groups in total. The molecule has 2 heterocycles. The Balaban J connectivity index is 1.81. The number of hydrogen-bond acceptors (Lipinski definition) is 3. The molecule has 0 atom stereocenters. The summed E-state index contributed by atoms with van der Waals surface area (Å²) in [6.07, 6.45) is 3.05. The second kappa shape index (κ2) is 5.51. The molecule has 0 unspecified atom stereocenters. The number of fused-ring (bicyclic) bond motifs is 1. The summed E-state index contributed by atoms with van der Waals surface area (Å²) in [5.41, 5.74) is 2.10. The Bertz CT molecular complexity index is 860. The molecule has 0 bridgehead atoms. The van der Waals surface area contributed by atoms with E-state index in [0.717, 1.165) is 12.1 Å². The first-order chi connectivity index (χ1) is 10.5. The van der Waals surface area contributed by atoms with E-state index < -0.39 is 11.6 Å². The van der Waals surface area contributed by atoms with Crippen molar-refractivity contribution in [2.24, 2.45) is 0 Å². The highest BCUT2D eigenvalue weighted by molar-refractivity contribution is 5.93. The maximum atomic E-state index is 13.1. The highest BCUT2D eigenvalue weighted by Gasteiger charge is 2.12. The molecule has 1 aromatic carbocycles. The van der Waals surface area contributed by atoms with Crippen molar-refractivity contribution in [3.8, 4) is 0 Å². The summed E-state index contributed by atoms with van der Waals surface area (Å²) in [6.45, 7) is 1.87. The second-order valence-electron chi connectivity index (χ2n) is 4.84. The number of nitrogens with one attached hydrogen (secondary N) is 1. The lowest BCUT2D eigenvalue weighted by atomic mass is 10.2. The molecule has 3 aromatic rings. The van der Waals surface area contributed by atoms with E-state index in [2.05, 4.69) is 15.3 Å². The number of aryl methyl sites for hydroxylation is 1. The van der Waals surface area contributed by atoms with Gasteiger partial charge in [-0.1, -0.05) is 6.07 Å².